The summed E-state index contributed by atoms with van der Waals surface area (Å²) in [7, 11) is 0. The number of unbranched alkanes of at least 4 members (excludes halogenated alkanes) is 1. The number of hydrogen-bond acceptors (Lipinski definition) is 4. The summed E-state index contributed by atoms with van der Waals surface area (Å²) in [4.78, 5) is 17.1. The Balaban J connectivity index is 1.54. The molecule has 1 heterocycles. The second-order valence-electron chi connectivity index (χ2n) is 8.61. The first kappa shape index (κ1) is 23.6. The van der Waals surface area contributed by atoms with Crippen molar-refractivity contribution in [2.24, 2.45) is 0 Å². The van der Waals surface area contributed by atoms with Crippen LogP contribution in [0.25, 0.3) is 44.6 Å². The van der Waals surface area contributed by atoms with Crippen LogP contribution >= 0.6 is 11.6 Å². The fourth-order valence-corrected chi connectivity index (χ4v) is 4.33. The topological polar surface area (TPSA) is 75.4 Å². The molecular weight excluding hydrogens is 472 g/mol. The molecule has 6 heteroatoms. The van der Waals surface area contributed by atoms with Crippen molar-refractivity contribution < 1.29 is 14.3 Å². The first-order valence-corrected chi connectivity index (χ1v) is 12.3. The number of oxazole rings is 1. The van der Waals surface area contributed by atoms with E-state index in [4.69, 9.17) is 16.0 Å². The quantitative estimate of drug-likeness (QED) is 0.237. The molecule has 0 spiro atoms. The summed E-state index contributed by atoms with van der Waals surface area (Å²) < 4.78 is 6.00. The van der Waals surface area contributed by atoms with Crippen LogP contribution in [-0.2, 0) is 4.79 Å². The summed E-state index contributed by atoms with van der Waals surface area (Å²) in [5.74, 6) is 0.345. The van der Waals surface area contributed by atoms with Gasteiger partial charge in [-0.15, -0.1) is 0 Å². The monoisotopic (exact) mass is 496 g/mol. The van der Waals surface area contributed by atoms with E-state index in [2.05, 4.69) is 28.5 Å². The minimum absolute atomic E-state index is 0.0354. The van der Waals surface area contributed by atoms with Crippen molar-refractivity contribution in [3.8, 4) is 39.6 Å². The number of aromatic hydroxyl groups is 1. The highest BCUT2D eigenvalue weighted by Gasteiger charge is 2.21. The van der Waals surface area contributed by atoms with Crippen LogP contribution in [0.1, 0.15) is 26.2 Å². The van der Waals surface area contributed by atoms with E-state index in [1.807, 2.05) is 49.4 Å². The standard InChI is InChI=1S/C30H25ClN2O3/c1-2-3-11-27(35)32-30-28(20-12-15-22(31)16-13-20)33-29(36-30)25-17-14-21(18-26(25)34)24-10-6-8-19-7-4-5-9-23(19)24/h4-10,12-18,34H,2-3,11H2,1H3,(H,32,35). The highest BCUT2D eigenvalue weighted by molar-refractivity contribution is 6.30. The molecule has 2 N–H and O–H groups in total. The van der Waals surface area contributed by atoms with Crippen molar-refractivity contribution in [3.05, 3.63) is 90.0 Å². The first-order valence-electron chi connectivity index (χ1n) is 11.9. The van der Waals surface area contributed by atoms with Gasteiger partial charge in [0.15, 0.2) is 0 Å². The Kier molecular flexibility index (Phi) is 6.74. The molecule has 5 aromatic rings. The fraction of sp³-hybridized carbons (Fsp3) is 0.133. The van der Waals surface area contributed by atoms with Gasteiger partial charge in [-0.2, -0.15) is 0 Å². The van der Waals surface area contributed by atoms with E-state index in [-0.39, 0.29) is 23.4 Å². The minimum atomic E-state index is -0.148. The Labute approximate surface area is 214 Å². The van der Waals surface area contributed by atoms with E-state index in [0.717, 1.165) is 40.3 Å². The Morgan fingerprint density at radius 3 is 2.47 bits per heavy atom. The molecule has 0 saturated heterocycles. The molecule has 0 bridgehead atoms. The lowest BCUT2D eigenvalue weighted by Gasteiger charge is -2.09. The number of fused-ring (bicyclic) bond motifs is 1. The number of carbonyl (C=O) groups is 1. The number of anilines is 1. The van der Waals surface area contributed by atoms with Crippen LogP contribution < -0.4 is 5.32 Å². The van der Waals surface area contributed by atoms with Gasteiger partial charge in [0.05, 0.1) is 5.56 Å². The van der Waals surface area contributed by atoms with Gasteiger partial charge in [0.25, 0.3) is 0 Å². The van der Waals surface area contributed by atoms with Crippen molar-refractivity contribution >= 4 is 34.2 Å². The third-order valence-electron chi connectivity index (χ3n) is 6.08. The Bertz CT molecular complexity index is 1530. The zero-order valence-electron chi connectivity index (χ0n) is 19.8. The van der Waals surface area contributed by atoms with Gasteiger partial charge >= 0.3 is 0 Å². The number of nitrogens with one attached hydrogen (secondary N) is 1. The predicted octanol–water partition coefficient (Wildman–Crippen LogP) is 8.32. The number of phenolic OH excluding ortho intramolecular Hbond substituents is 1. The smallest absolute Gasteiger partial charge is 0.233 e. The molecule has 0 fully saturated rings. The maximum Gasteiger partial charge on any atom is 0.233 e. The molecule has 1 amide bonds. The first-order chi connectivity index (χ1) is 17.5. The van der Waals surface area contributed by atoms with Crippen molar-refractivity contribution in [1.82, 2.24) is 4.98 Å². The molecule has 0 radical (unpaired) electrons. The summed E-state index contributed by atoms with van der Waals surface area (Å²) >= 11 is 6.06. The maximum absolute atomic E-state index is 12.5. The van der Waals surface area contributed by atoms with Gasteiger partial charge in [-0.25, -0.2) is 4.98 Å². The average molecular weight is 497 g/mol. The van der Waals surface area contributed by atoms with Crippen LogP contribution in [0.2, 0.25) is 5.02 Å². The SMILES string of the molecule is CCCCC(=O)Nc1oc(-c2ccc(-c3cccc4ccccc34)cc2O)nc1-c1ccc(Cl)cc1. The van der Waals surface area contributed by atoms with E-state index in [1.165, 1.54) is 0 Å². The second kappa shape index (κ2) is 10.3. The Morgan fingerprint density at radius 2 is 1.69 bits per heavy atom. The van der Waals surface area contributed by atoms with Crippen LogP contribution in [-0.4, -0.2) is 16.0 Å². The lowest BCUT2D eigenvalue weighted by Crippen LogP contribution is -2.11. The molecule has 4 aromatic carbocycles. The minimum Gasteiger partial charge on any atom is -0.507 e. The van der Waals surface area contributed by atoms with E-state index in [0.29, 0.717) is 22.7 Å². The van der Waals surface area contributed by atoms with Crippen molar-refractivity contribution in [2.75, 3.05) is 5.32 Å². The van der Waals surface area contributed by atoms with Crippen LogP contribution in [0.15, 0.2) is 89.3 Å². The zero-order chi connectivity index (χ0) is 25.1. The molecule has 5 rings (SSSR count). The largest absolute Gasteiger partial charge is 0.507 e. The molecule has 0 atom stereocenters. The van der Waals surface area contributed by atoms with E-state index < -0.39 is 0 Å². The molecule has 0 aliphatic heterocycles. The van der Waals surface area contributed by atoms with Gasteiger partial charge in [0.2, 0.25) is 17.7 Å². The second-order valence-corrected chi connectivity index (χ2v) is 9.05. The molecule has 0 aliphatic rings. The molecule has 180 valence electrons. The van der Waals surface area contributed by atoms with E-state index >= 15 is 0 Å². The van der Waals surface area contributed by atoms with Crippen molar-refractivity contribution in [3.63, 3.8) is 0 Å². The van der Waals surface area contributed by atoms with Crippen molar-refractivity contribution in [2.45, 2.75) is 26.2 Å². The highest BCUT2D eigenvalue weighted by Crippen LogP contribution is 2.39. The molecule has 0 unspecified atom stereocenters. The number of rotatable bonds is 7. The summed E-state index contributed by atoms with van der Waals surface area (Å²) in [6, 6.07) is 26.8. The van der Waals surface area contributed by atoms with Gasteiger partial charge in [0, 0.05) is 17.0 Å². The van der Waals surface area contributed by atoms with Crippen LogP contribution in [0, 0.1) is 0 Å². The number of hydrogen-bond donors (Lipinski definition) is 2. The Hall–Kier alpha value is -4.09. The number of amides is 1. The molecule has 0 aliphatic carbocycles. The molecule has 5 nitrogen and oxygen atoms in total. The highest BCUT2D eigenvalue weighted by atomic mass is 35.5. The lowest BCUT2D eigenvalue weighted by atomic mass is 9.97. The van der Waals surface area contributed by atoms with E-state index in [1.54, 1.807) is 24.3 Å². The van der Waals surface area contributed by atoms with E-state index in [9.17, 15) is 9.90 Å². The summed E-state index contributed by atoms with van der Waals surface area (Å²) in [6.45, 7) is 2.03. The van der Waals surface area contributed by atoms with Crippen LogP contribution in [0.4, 0.5) is 5.88 Å². The van der Waals surface area contributed by atoms with Gasteiger partial charge in [-0.3, -0.25) is 10.1 Å². The van der Waals surface area contributed by atoms with Crippen molar-refractivity contribution in [1.29, 1.82) is 0 Å². The zero-order valence-corrected chi connectivity index (χ0v) is 20.5. The van der Waals surface area contributed by atoms with Gasteiger partial charge in [-0.05, 0) is 52.6 Å². The third kappa shape index (κ3) is 4.83. The number of benzene rings is 4. The van der Waals surface area contributed by atoms with Crippen LogP contribution in [0.5, 0.6) is 5.75 Å². The molecule has 36 heavy (non-hydrogen) atoms. The van der Waals surface area contributed by atoms with Gasteiger partial charge in [0.1, 0.15) is 11.4 Å². The summed E-state index contributed by atoms with van der Waals surface area (Å²) in [6.07, 6.45) is 2.08. The number of carbonyl (C=O) groups excluding carboxylic acids is 1. The molecular formula is C30H25ClN2O3. The summed E-state index contributed by atoms with van der Waals surface area (Å²) in [5.41, 5.74) is 3.55. The number of aromatic nitrogens is 1. The maximum atomic E-state index is 12.5. The van der Waals surface area contributed by atoms with Crippen LogP contribution in [0.3, 0.4) is 0 Å². The van der Waals surface area contributed by atoms with Gasteiger partial charge in [-0.1, -0.05) is 85.6 Å². The summed E-state index contributed by atoms with van der Waals surface area (Å²) in [5, 5.41) is 16.6. The molecule has 1 aromatic heterocycles. The average Bonchev–Trinajstić information content (AvgIpc) is 3.30. The normalized spacial score (nSPS) is 11.1. The van der Waals surface area contributed by atoms with Gasteiger partial charge < -0.3 is 9.52 Å². The number of phenols is 1. The lowest BCUT2D eigenvalue weighted by molar-refractivity contribution is -0.116. The number of nitrogens with zero attached hydrogens (tertiary/aromatic N) is 1. The number of halogens is 1. The predicted molar refractivity (Wildman–Crippen MR) is 145 cm³/mol. The Morgan fingerprint density at radius 1 is 0.944 bits per heavy atom. The fourth-order valence-electron chi connectivity index (χ4n) is 4.21. The molecule has 0 saturated carbocycles. The third-order valence-corrected chi connectivity index (χ3v) is 6.34.